The average molecular weight is 288 g/mol. The van der Waals surface area contributed by atoms with Crippen LogP contribution < -0.4 is 4.74 Å². The van der Waals surface area contributed by atoms with Crippen LogP contribution in [0.5, 0.6) is 5.75 Å². The third-order valence-corrected chi connectivity index (χ3v) is 4.04. The van der Waals surface area contributed by atoms with Gasteiger partial charge in [-0.15, -0.1) is 23.2 Å². The highest BCUT2D eigenvalue weighted by molar-refractivity contribution is 6.50. The molecule has 0 aliphatic heterocycles. The van der Waals surface area contributed by atoms with Crippen molar-refractivity contribution >= 4 is 34.1 Å². The molecule has 6 heteroatoms. The Kier molecular flexibility index (Phi) is 2.68. The molecule has 1 unspecified atom stereocenters. The molecular weight excluding hydrogens is 278 g/mol. The van der Waals surface area contributed by atoms with E-state index in [-0.39, 0.29) is 11.7 Å². The maximum atomic E-state index is 13.7. The molecule has 0 bridgehead atoms. The fourth-order valence-corrected chi connectivity index (χ4v) is 2.33. The normalized spacial score (nSPS) is 21.2. The molecular formula is C12H10Cl2FN2O. The number of nitrogens with zero attached hydrogens (tertiary/aromatic N) is 2. The Morgan fingerprint density at radius 1 is 1.61 bits per heavy atom. The molecule has 0 saturated heterocycles. The molecule has 1 aliphatic rings. The zero-order valence-electron chi connectivity index (χ0n) is 9.58. The Morgan fingerprint density at radius 2 is 2.33 bits per heavy atom. The summed E-state index contributed by atoms with van der Waals surface area (Å²) in [5, 5.41) is 4.56. The van der Waals surface area contributed by atoms with E-state index in [9.17, 15) is 4.39 Å². The first-order valence-electron chi connectivity index (χ1n) is 5.52. The maximum absolute atomic E-state index is 13.7. The Bertz CT molecular complexity index is 611. The smallest absolute Gasteiger partial charge is 0.165 e. The number of ether oxygens (including phenoxy) is 1. The van der Waals surface area contributed by atoms with Crippen molar-refractivity contribution in [2.24, 2.45) is 13.0 Å². The molecule has 95 valence electrons. The predicted octanol–water partition coefficient (Wildman–Crippen LogP) is 3.09. The van der Waals surface area contributed by atoms with E-state index < -0.39 is 10.2 Å². The number of benzene rings is 1. The molecule has 1 aromatic carbocycles. The van der Waals surface area contributed by atoms with E-state index in [1.165, 1.54) is 6.07 Å². The summed E-state index contributed by atoms with van der Waals surface area (Å²) in [5.74, 6) is -0.174. The second-order valence-corrected chi connectivity index (χ2v) is 6.05. The molecule has 1 fully saturated rings. The van der Waals surface area contributed by atoms with Crippen molar-refractivity contribution in [1.29, 1.82) is 0 Å². The molecule has 1 atom stereocenters. The van der Waals surface area contributed by atoms with Gasteiger partial charge in [0.2, 0.25) is 0 Å². The molecule has 1 heterocycles. The summed E-state index contributed by atoms with van der Waals surface area (Å²) in [4.78, 5) is 0. The largest absolute Gasteiger partial charge is 0.490 e. The van der Waals surface area contributed by atoms with Crippen molar-refractivity contribution in [2.45, 2.75) is 10.8 Å². The summed E-state index contributed by atoms with van der Waals surface area (Å²) in [7, 11) is 1.77. The number of hydrogen-bond acceptors (Lipinski definition) is 2. The van der Waals surface area contributed by atoms with Gasteiger partial charge in [0.25, 0.3) is 0 Å². The first kappa shape index (κ1) is 12.1. The Morgan fingerprint density at radius 3 is 3.00 bits per heavy atom. The van der Waals surface area contributed by atoms with E-state index in [0.29, 0.717) is 18.4 Å². The molecule has 0 amide bonds. The fourth-order valence-electron chi connectivity index (χ4n) is 1.83. The maximum Gasteiger partial charge on any atom is 0.165 e. The minimum Gasteiger partial charge on any atom is -0.490 e. The van der Waals surface area contributed by atoms with E-state index in [2.05, 4.69) is 11.3 Å². The van der Waals surface area contributed by atoms with Gasteiger partial charge in [-0.25, -0.2) is 4.39 Å². The highest BCUT2D eigenvalue weighted by Crippen LogP contribution is 2.53. The summed E-state index contributed by atoms with van der Waals surface area (Å²) in [6, 6.07) is 2.97. The van der Waals surface area contributed by atoms with Gasteiger partial charge in [-0.3, -0.25) is 4.68 Å². The summed E-state index contributed by atoms with van der Waals surface area (Å²) >= 11 is 11.8. The molecule has 3 nitrogen and oxygen atoms in total. The van der Waals surface area contributed by atoms with E-state index in [4.69, 9.17) is 27.9 Å². The molecule has 1 aliphatic carbocycles. The van der Waals surface area contributed by atoms with Crippen molar-refractivity contribution in [3.63, 3.8) is 0 Å². The van der Waals surface area contributed by atoms with Crippen molar-refractivity contribution in [3.05, 3.63) is 24.1 Å². The van der Waals surface area contributed by atoms with Crippen LogP contribution in [0, 0.1) is 17.9 Å². The SMILES string of the molecule is Cn1n[c]c2cc(F)c(OCC3CC3(Cl)Cl)cc21. The lowest BCUT2D eigenvalue weighted by Crippen LogP contribution is -2.05. The zero-order chi connectivity index (χ0) is 12.9. The van der Waals surface area contributed by atoms with Gasteiger partial charge in [0.05, 0.1) is 12.1 Å². The first-order chi connectivity index (χ1) is 8.47. The fraction of sp³-hybridized carbons (Fsp3) is 0.417. The van der Waals surface area contributed by atoms with E-state index in [1.807, 2.05) is 0 Å². The van der Waals surface area contributed by atoms with Gasteiger partial charge in [0, 0.05) is 24.4 Å². The molecule has 3 rings (SSSR count). The van der Waals surface area contributed by atoms with Crippen molar-refractivity contribution in [3.8, 4) is 5.75 Å². The summed E-state index contributed by atoms with van der Waals surface area (Å²) in [6.45, 7) is 0.316. The van der Waals surface area contributed by atoms with Crippen LogP contribution in [0.25, 0.3) is 10.9 Å². The number of hydrogen-bond donors (Lipinski definition) is 0. The van der Waals surface area contributed by atoms with Gasteiger partial charge in [-0.2, -0.15) is 5.10 Å². The van der Waals surface area contributed by atoms with Crippen LogP contribution in [0.15, 0.2) is 12.1 Å². The van der Waals surface area contributed by atoms with Crippen LogP contribution in [-0.2, 0) is 7.05 Å². The van der Waals surface area contributed by atoms with Crippen LogP contribution >= 0.6 is 23.2 Å². The minimum atomic E-state index is -0.707. The van der Waals surface area contributed by atoms with E-state index in [0.717, 1.165) is 5.52 Å². The lowest BCUT2D eigenvalue weighted by Gasteiger charge is -2.07. The lowest BCUT2D eigenvalue weighted by molar-refractivity contribution is 0.285. The van der Waals surface area contributed by atoms with Crippen LogP contribution in [0.3, 0.4) is 0 Å². The first-order valence-corrected chi connectivity index (χ1v) is 6.27. The van der Waals surface area contributed by atoms with Gasteiger partial charge >= 0.3 is 0 Å². The molecule has 2 aromatic rings. The highest BCUT2D eigenvalue weighted by Gasteiger charge is 2.52. The van der Waals surface area contributed by atoms with Crippen molar-refractivity contribution in [2.75, 3.05) is 6.61 Å². The average Bonchev–Trinajstić information content (AvgIpc) is 2.76. The second kappa shape index (κ2) is 4.00. The van der Waals surface area contributed by atoms with Crippen LogP contribution in [0.4, 0.5) is 4.39 Å². The monoisotopic (exact) mass is 287 g/mol. The van der Waals surface area contributed by atoms with Gasteiger partial charge in [-0.05, 0) is 12.5 Å². The van der Waals surface area contributed by atoms with Gasteiger partial charge in [-0.1, -0.05) is 0 Å². The number of alkyl halides is 2. The van der Waals surface area contributed by atoms with Gasteiger partial charge < -0.3 is 4.74 Å². The Balaban J connectivity index is 1.82. The molecule has 1 aromatic heterocycles. The molecule has 1 radical (unpaired) electrons. The standard InChI is InChI=1S/C12H10Cl2FN2O/c1-17-10-3-11(9(15)2-7(10)5-16-17)18-6-8-4-12(8,13)14/h2-3,8H,4,6H2,1H3. The summed E-state index contributed by atoms with van der Waals surface area (Å²) in [5.41, 5.74) is 0.769. The third-order valence-electron chi connectivity index (χ3n) is 3.12. The van der Waals surface area contributed by atoms with E-state index >= 15 is 0 Å². The molecule has 0 spiro atoms. The highest BCUT2D eigenvalue weighted by atomic mass is 35.5. The third kappa shape index (κ3) is 2.04. The van der Waals surface area contributed by atoms with Gasteiger partial charge in [0.15, 0.2) is 11.6 Å². The van der Waals surface area contributed by atoms with Crippen molar-refractivity contribution < 1.29 is 9.13 Å². The number of aromatic nitrogens is 2. The number of halogens is 3. The van der Waals surface area contributed by atoms with Crippen LogP contribution in [0.1, 0.15) is 6.42 Å². The Labute approximate surface area is 113 Å². The summed E-state index contributed by atoms with van der Waals surface area (Å²) < 4.78 is 20.1. The number of aryl methyl sites for hydroxylation is 1. The number of fused-ring (bicyclic) bond motifs is 1. The topological polar surface area (TPSA) is 27.1 Å². The van der Waals surface area contributed by atoms with Crippen LogP contribution in [-0.4, -0.2) is 20.7 Å². The summed E-state index contributed by atoms with van der Waals surface area (Å²) in [6.07, 6.45) is 3.40. The number of rotatable bonds is 3. The van der Waals surface area contributed by atoms with Gasteiger partial charge in [0.1, 0.15) is 10.5 Å². The lowest BCUT2D eigenvalue weighted by atomic mass is 10.2. The minimum absolute atomic E-state index is 0.0639. The molecule has 1 saturated carbocycles. The quantitative estimate of drug-likeness (QED) is 0.811. The molecule has 18 heavy (non-hydrogen) atoms. The predicted molar refractivity (Wildman–Crippen MR) is 67.5 cm³/mol. The Hall–Kier alpha value is -1.00. The second-order valence-electron chi connectivity index (χ2n) is 4.51. The van der Waals surface area contributed by atoms with Crippen LogP contribution in [0.2, 0.25) is 0 Å². The zero-order valence-corrected chi connectivity index (χ0v) is 11.1. The van der Waals surface area contributed by atoms with Crippen molar-refractivity contribution in [1.82, 2.24) is 9.78 Å². The van der Waals surface area contributed by atoms with E-state index in [1.54, 1.807) is 17.8 Å². The molecule has 0 N–H and O–H groups in total.